The van der Waals surface area contributed by atoms with E-state index in [0.29, 0.717) is 43.9 Å². The summed E-state index contributed by atoms with van der Waals surface area (Å²) in [7, 11) is 0. The third kappa shape index (κ3) is 3.98. The number of nitrogens with one attached hydrogen (secondary N) is 1. The molecular formula is C20H10Cl3IN2O2. The van der Waals surface area contributed by atoms with Crippen LogP contribution in [0.5, 0.6) is 0 Å². The van der Waals surface area contributed by atoms with Gasteiger partial charge in [-0.3, -0.25) is 4.79 Å². The van der Waals surface area contributed by atoms with E-state index in [4.69, 9.17) is 39.2 Å². The Morgan fingerprint density at radius 2 is 1.79 bits per heavy atom. The van der Waals surface area contributed by atoms with Crippen LogP contribution in [0.15, 0.2) is 59.0 Å². The Balaban J connectivity index is 1.65. The van der Waals surface area contributed by atoms with Crippen LogP contribution in [0.2, 0.25) is 15.1 Å². The third-order valence-corrected chi connectivity index (χ3v) is 5.53. The Morgan fingerprint density at radius 1 is 0.964 bits per heavy atom. The molecule has 1 heterocycles. The first-order valence-corrected chi connectivity index (χ1v) is 10.2. The fourth-order valence-corrected chi connectivity index (χ4v) is 3.84. The number of fused-ring (bicyclic) bond motifs is 1. The SMILES string of the molecule is O=C(Nc1ccc2oc(-c3cc(I)ccc3Cl)nc2c1)c1ccc(Cl)cc1Cl. The van der Waals surface area contributed by atoms with Crippen molar-refractivity contribution in [3.8, 4) is 11.5 Å². The molecule has 28 heavy (non-hydrogen) atoms. The van der Waals surface area contributed by atoms with Gasteiger partial charge in [-0.1, -0.05) is 34.8 Å². The lowest BCUT2D eigenvalue weighted by Crippen LogP contribution is -2.12. The van der Waals surface area contributed by atoms with Gasteiger partial charge in [0, 0.05) is 14.3 Å². The smallest absolute Gasteiger partial charge is 0.257 e. The number of aromatic nitrogens is 1. The van der Waals surface area contributed by atoms with Gasteiger partial charge in [-0.2, -0.15) is 0 Å². The molecule has 1 N–H and O–H groups in total. The van der Waals surface area contributed by atoms with Gasteiger partial charge in [0.1, 0.15) is 5.52 Å². The second kappa shape index (κ2) is 7.91. The molecule has 0 aliphatic carbocycles. The van der Waals surface area contributed by atoms with Crippen LogP contribution in [-0.2, 0) is 0 Å². The maximum absolute atomic E-state index is 12.5. The van der Waals surface area contributed by atoms with E-state index < -0.39 is 0 Å². The highest BCUT2D eigenvalue weighted by molar-refractivity contribution is 14.1. The number of rotatable bonds is 3. The predicted octanol–water partition coefficient (Wildman–Crippen LogP) is 7.31. The quantitative estimate of drug-likeness (QED) is 0.276. The third-order valence-electron chi connectivity index (χ3n) is 3.98. The van der Waals surface area contributed by atoms with E-state index in [-0.39, 0.29) is 10.9 Å². The molecule has 0 atom stereocenters. The van der Waals surface area contributed by atoms with Crippen LogP contribution in [0.25, 0.3) is 22.6 Å². The van der Waals surface area contributed by atoms with Gasteiger partial charge in [0.25, 0.3) is 5.91 Å². The number of hydrogen-bond acceptors (Lipinski definition) is 3. The van der Waals surface area contributed by atoms with Crippen molar-refractivity contribution < 1.29 is 9.21 Å². The zero-order chi connectivity index (χ0) is 19.8. The zero-order valence-corrected chi connectivity index (χ0v) is 18.4. The van der Waals surface area contributed by atoms with Crippen molar-refractivity contribution in [2.75, 3.05) is 5.32 Å². The molecule has 0 bridgehead atoms. The molecule has 0 saturated carbocycles. The zero-order valence-electron chi connectivity index (χ0n) is 14.0. The van der Waals surface area contributed by atoms with Gasteiger partial charge >= 0.3 is 0 Å². The maximum Gasteiger partial charge on any atom is 0.257 e. The first-order chi connectivity index (χ1) is 13.4. The van der Waals surface area contributed by atoms with Gasteiger partial charge < -0.3 is 9.73 Å². The minimum Gasteiger partial charge on any atom is -0.436 e. The topological polar surface area (TPSA) is 55.1 Å². The summed E-state index contributed by atoms with van der Waals surface area (Å²) >= 11 is 20.4. The normalized spacial score (nSPS) is 11.0. The van der Waals surface area contributed by atoms with E-state index >= 15 is 0 Å². The molecule has 8 heteroatoms. The van der Waals surface area contributed by atoms with Crippen molar-refractivity contribution in [2.24, 2.45) is 0 Å². The summed E-state index contributed by atoms with van der Waals surface area (Å²) in [5.74, 6) is 0.0770. The highest BCUT2D eigenvalue weighted by Gasteiger charge is 2.15. The number of anilines is 1. The molecule has 0 saturated heterocycles. The second-order valence-corrected chi connectivity index (χ2v) is 8.40. The van der Waals surface area contributed by atoms with Crippen LogP contribution in [0.3, 0.4) is 0 Å². The highest BCUT2D eigenvalue weighted by atomic mass is 127. The molecule has 0 aliphatic heterocycles. The molecule has 3 aromatic carbocycles. The van der Waals surface area contributed by atoms with Crippen LogP contribution < -0.4 is 5.32 Å². The Morgan fingerprint density at radius 3 is 2.57 bits per heavy atom. The van der Waals surface area contributed by atoms with E-state index in [1.54, 1.807) is 36.4 Å². The summed E-state index contributed by atoms with van der Waals surface area (Å²) in [6, 6.07) is 15.5. The van der Waals surface area contributed by atoms with Crippen LogP contribution in [0.1, 0.15) is 10.4 Å². The van der Waals surface area contributed by atoms with E-state index in [2.05, 4.69) is 32.9 Å². The summed E-state index contributed by atoms with van der Waals surface area (Å²) in [6.45, 7) is 0. The lowest BCUT2D eigenvalue weighted by atomic mass is 10.2. The first kappa shape index (κ1) is 19.5. The van der Waals surface area contributed by atoms with Crippen molar-refractivity contribution in [3.63, 3.8) is 0 Å². The second-order valence-electron chi connectivity index (χ2n) is 5.90. The molecule has 4 nitrogen and oxygen atoms in total. The van der Waals surface area contributed by atoms with E-state index in [1.165, 1.54) is 6.07 Å². The van der Waals surface area contributed by atoms with Crippen LogP contribution >= 0.6 is 57.4 Å². The number of carbonyl (C=O) groups excluding carboxylic acids is 1. The minimum absolute atomic E-state index is 0.281. The number of oxazole rings is 1. The van der Waals surface area contributed by atoms with Gasteiger partial charge in [0.2, 0.25) is 5.89 Å². The Hall–Kier alpha value is -1.80. The first-order valence-electron chi connectivity index (χ1n) is 8.03. The van der Waals surface area contributed by atoms with Crippen molar-refractivity contribution in [2.45, 2.75) is 0 Å². The number of benzene rings is 3. The molecule has 140 valence electrons. The fourth-order valence-electron chi connectivity index (χ4n) is 2.65. The lowest BCUT2D eigenvalue weighted by molar-refractivity contribution is 0.102. The Bertz CT molecular complexity index is 1220. The summed E-state index contributed by atoms with van der Waals surface area (Å²) < 4.78 is 6.84. The molecule has 0 aliphatic rings. The highest BCUT2D eigenvalue weighted by Crippen LogP contribution is 2.32. The summed E-state index contributed by atoms with van der Waals surface area (Å²) in [5, 5.41) is 4.10. The molecule has 0 radical (unpaired) electrons. The van der Waals surface area contributed by atoms with E-state index in [0.717, 1.165) is 3.57 Å². The predicted molar refractivity (Wildman–Crippen MR) is 122 cm³/mol. The average Bonchev–Trinajstić information content (AvgIpc) is 3.06. The van der Waals surface area contributed by atoms with Crippen LogP contribution in [0, 0.1) is 3.57 Å². The number of carbonyl (C=O) groups is 1. The molecule has 0 fully saturated rings. The van der Waals surface area contributed by atoms with Crippen molar-refractivity contribution >= 4 is 80.1 Å². The Kier molecular flexibility index (Phi) is 5.51. The monoisotopic (exact) mass is 542 g/mol. The average molecular weight is 544 g/mol. The van der Waals surface area contributed by atoms with E-state index in [1.807, 2.05) is 12.1 Å². The van der Waals surface area contributed by atoms with Gasteiger partial charge in [-0.25, -0.2) is 4.98 Å². The minimum atomic E-state index is -0.342. The largest absolute Gasteiger partial charge is 0.436 e. The Labute approximate surface area is 188 Å². The summed E-state index contributed by atoms with van der Waals surface area (Å²) in [5.41, 5.74) is 2.80. The molecule has 0 unspecified atom stereocenters. The van der Waals surface area contributed by atoms with Crippen molar-refractivity contribution in [1.29, 1.82) is 0 Å². The fraction of sp³-hybridized carbons (Fsp3) is 0. The molecule has 1 amide bonds. The van der Waals surface area contributed by atoms with Crippen molar-refractivity contribution in [3.05, 3.63) is 78.8 Å². The number of hydrogen-bond donors (Lipinski definition) is 1. The molecule has 0 spiro atoms. The lowest BCUT2D eigenvalue weighted by Gasteiger charge is -2.06. The van der Waals surface area contributed by atoms with Gasteiger partial charge in [-0.15, -0.1) is 0 Å². The van der Waals surface area contributed by atoms with Gasteiger partial charge in [-0.05, 0) is 77.2 Å². The molecule has 4 aromatic rings. The van der Waals surface area contributed by atoms with Crippen LogP contribution in [-0.4, -0.2) is 10.9 Å². The molecular weight excluding hydrogens is 533 g/mol. The van der Waals surface area contributed by atoms with Crippen LogP contribution in [0.4, 0.5) is 5.69 Å². The number of halogens is 4. The molecule has 1 aromatic heterocycles. The molecule has 4 rings (SSSR count). The summed E-state index contributed by atoms with van der Waals surface area (Å²) in [4.78, 5) is 17.0. The van der Waals surface area contributed by atoms with Gasteiger partial charge in [0.15, 0.2) is 5.58 Å². The summed E-state index contributed by atoms with van der Waals surface area (Å²) in [6.07, 6.45) is 0. The van der Waals surface area contributed by atoms with Gasteiger partial charge in [0.05, 0.1) is 21.2 Å². The van der Waals surface area contributed by atoms with Crippen molar-refractivity contribution in [1.82, 2.24) is 4.98 Å². The van der Waals surface area contributed by atoms with E-state index in [9.17, 15) is 4.79 Å². The number of amides is 1. The number of nitrogens with zero attached hydrogens (tertiary/aromatic N) is 1. The standard InChI is InChI=1S/C20H10Cl3IN2O2/c21-10-1-4-13(16(23)7-10)19(27)25-12-3-6-18-17(9-12)26-20(28-18)14-8-11(24)2-5-15(14)22/h1-9H,(H,25,27). The maximum atomic E-state index is 12.5.